The van der Waals surface area contributed by atoms with Crippen LogP contribution in [-0.2, 0) is 14.3 Å². The summed E-state index contributed by atoms with van der Waals surface area (Å²) in [6.07, 6.45) is 2.74. The summed E-state index contributed by atoms with van der Waals surface area (Å²) in [6, 6.07) is 0.0961. The van der Waals surface area contributed by atoms with Gasteiger partial charge in [-0.25, -0.2) is 0 Å². The number of nitrogens with zero attached hydrogens (tertiary/aromatic N) is 2. The molecule has 17 heavy (non-hydrogen) atoms. The molecule has 1 amide bonds. The topological polar surface area (TPSA) is 42.0 Å². The van der Waals surface area contributed by atoms with E-state index in [1.54, 1.807) is 0 Å². The molecule has 0 saturated carbocycles. The number of rotatable bonds is 1. The number of carbonyl (C=O) groups is 1. The molecule has 5 heteroatoms. The van der Waals surface area contributed by atoms with Gasteiger partial charge >= 0.3 is 0 Å². The number of ether oxygens (including phenoxy) is 2. The fourth-order valence-electron chi connectivity index (χ4n) is 3.10. The van der Waals surface area contributed by atoms with Gasteiger partial charge < -0.3 is 14.4 Å². The van der Waals surface area contributed by atoms with E-state index in [2.05, 4.69) is 4.90 Å². The zero-order chi connectivity index (χ0) is 11.9. The van der Waals surface area contributed by atoms with Crippen molar-refractivity contribution in [2.45, 2.75) is 31.1 Å². The van der Waals surface area contributed by atoms with Gasteiger partial charge in [-0.15, -0.1) is 0 Å². The van der Waals surface area contributed by atoms with Gasteiger partial charge in [-0.1, -0.05) is 0 Å². The molecule has 3 saturated heterocycles. The molecule has 3 aliphatic rings. The van der Waals surface area contributed by atoms with Crippen molar-refractivity contribution in [3.05, 3.63) is 0 Å². The van der Waals surface area contributed by atoms with Crippen molar-refractivity contribution in [3.63, 3.8) is 0 Å². The summed E-state index contributed by atoms with van der Waals surface area (Å²) >= 11 is 0. The van der Waals surface area contributed by atoms with Crippen LogP contribution in [-0.4, -0.2) is 67.4 Å². The number of hydrogen-bond donors (Lipinski definition) is 0. The van der Waals surface area contributed by atoms with Crippen LogP contribution < -0.4 is 0 Å². The summed E-state index contributed by atoms with van der Waals surface area (Å²) < 4.78 is 11.4. The Bertz CT molecular complexity index is 305. The van der Waals surface area contributed by atoms with Gasteiger partial charge in [0.25, 0.3) is 0 Å². The number of likely N-dealkylation sites (tertiary alicyclic amines) is 2. The minimum Gasteiger partial charge on any atom is -0.347 e. The molecule has 1 spiro atoms. The molecule has 0 N–H and O–H groups in total. The van der Waals surface area contributed by atoms with Gasteiger partial charge in [-0.05, 0) is 6.42 Å². The molecular weight excluding hydrogens is 220 g/mol. The molecule has 0 bridgehead atoms. The zero-order valence-electron chi connectivity index (χ0n) is 10.4. The first kappa shape index (κ1) is 11.4. The lowest BCUT2D eigenvalue weighted by Crippen LogP contribution is -2.50. The average Bonchev–Trinajstić information content (AvgIpc) is 2.91. The molecule has 0 aromatic carbocycles. The second-order valence-electron chi connectivity index (χ2n) is 5.21. The molecule has 0 radical (unpaired) electrons. The Balaban J connectivity index is 1.60. The molecule has 0 aliphatic carbocycles. The molecule has 5 nitrogen and oxygen atoms in total. The van der Waals surface area contributed by atoms with Crippen molar-refractivity contribution in [1.29, 1.82) is 0 Å². The molecule has 0 aromatic heterocycles. The molecule has 3 rings (SSSR count). The molecule has 1 atom stereocenters. The van der Waals surface area contributed by atoms with Gasteiger partial charge in [0.1, 0.15) is 0 Å². The van der Waals surface area contributed by atoms with Gasteiger partial charge in [-0.2, -0.15) is 0 Å². The van der Waals surface area contributed by atoms with Crippen LogP contribution in [0.3, 0.4) is 0 Å². The normalized spacial score (nSPS) is 33.8. The van der Waals surface area contributed by atoms with Crippen molar-refractivity contribution in [1.82, 2.24) is 9.80 Å². The molecule has 3 heterocycles. The third kappa shape index (κ3) is 1.96. The van der Waals surface area contributed by atoms with Crippen LogP contribution >= 0.6 is 0 Å². The summed E-state index contributed by atoms with van der Waals surface area (Å²) in [5.74, 6) is -0.0569. The highest BCUT2D eigenvalue weighted by Gasteiger charge is 2.43. The van der Waals surface area contributed by atoms with E-state index in [1.807, 2.05) is 11.9 Å². The fourth-order valence-corrected chi connectivity index (χ4v) is 3.10. The Morgan fingerprint density at radius 1 is 1.18 bits per heavy atom. The van der Waals surface area contributed by atoms with Crippen molar-refractivity contribution in [2.24, 2.45) is 0 Å². The summed E-state index contributed by atoms with van der Waals surface area (Å²) in [5, 5.41) is 0. The summed E-state index contributed by atoms with van der Waals surface area (Å²) in [6.45, 7) is 4.13. The quantitative estimate of drug-likeness (QED) is 0.650. The Labute approximate surface area is 102 Å². The Morgan fingerprint density at radius 2 is 1.82 bits per heavy atom. The average molecular weight is 240 g/mol. The molecule has 3 aliphatic heterocycles. The van der Waals surface area contributed by atoms with E-state index < -0.39 is 0 Å². The summed E-state index contributed by atoms with van der Waals surface area (Å²) in [7, 11) is 1.89. The summed E-state index contributed by atoms with van der Waals surface area (Å²) in [4.78, 5) is 16.1. The Morgan fingerprint density at radius 3 is 2.35 bits per heavy atom. The van der Waals surface area contributed by atoms with E-state index in [1.165, 1.54) is 0 Å². The lowest BCUT2D eigenvalue weighted by molar-refractivity contribution is -0.188. The van der Waals surface area contributed by atoms with Crippen LogP contribution in [0.5, 0.6) is 0 Å². The monoisotopic (exact) mass is 240 g/mol. The number of piperidine rings is 1. The standard InChI is InChI=1S/C12H20N2O3/c1-13-5-2-10(11(13)15)14-6-3-12(4-7-14)16-8-9-17-12/h10H,2-9H2,1H3. The highest BCUT2D eigenvalue weighted by Crippen LogP contribution is 2.33. The number of likely N-dealkylation sites (N-methyl/N-ethyl adjacent to an activating group) is 1. The second kappa shape index (κ2) is 4.23. The zero-order valence-corrected chi connectivity index (χ0v) is 10.4. The summed E-state index contributed by atoms with van der Waals surface area (Å²) in [5.41, 5.74) is 0. The minimum absolute atomic E-state index is 0.0961. The molecule has 3 fully saturated rings. The van der Waals surface area contributed by atoms with Gasteiger partial charge in [0, 0.05) is 39.5 Å². The number of carbonyl (C=O) groups excluding carboxylic acids is 1. The molecular formula is C12H20N2O3. The van der Waals surface area contributed by atoms with Crippen LogP contribution in [0.4, 0.5) is 0 Å². The SMILES string of the molecule is CN1CCC(N2CCC3(CC2)OCCO3)C1=O. The van der Waals surface area contributed by atoms with E-state index in [9.17, 15) is 4.79 Å². The first-order valence-corrected chi connectivity index (χ1v) is 6.47. The first-order chi connectivity index (χ1) is 8.20. The van der Waals surface area contributed by atoms with Gasteiger partial charge in [0.2, 0.25) is 5.91 Å². The Hall–Kier alpha value is -0.650. The van der Waals surface area contributed by atoms with Crippen LogP contribution in [0.1, 0.15) is 19.3 Å². The van der Waals surface area contributed by atoms with Crippen LogP contribution in [0.25, 0.3) is 0 Å². The van der Waals surface area contributed by atoms with E-state index >= 15 is 0 Å². The van der Waals surface area contributed by atoms with Crippen molar-refractivity contribution in [3.8, 4) is 0 Å². The number of amides is 1. The van der Waals surface area contributed by atoms with E-state index in [0.29, 0.717) is 13.2 Å². The highest BCUT2D eigenvalue weighted by molar-refractivity contribution is 5.83. The van der Waals surface area contributed by atoms with Crippen LogP contribution in [0.2, 0.25) is 0 Å². The van der Waals surface area contributed by atoms with Crippen molar-refractivity contribution in [2.75, 3.05) is 39.9 Å². The van der Waals surface area contributed by atoms with E-state index in [0.717, 1.165) is 38.9 Å². The molecule has 0 aromatic rings. The predicted octanol–water partition coefficient (Wildman–Crippen LogP) is 0.0560. The first-order valence-electron chi connectivity index (χ1n) is 6.47. The van der Waals surface area contributed by atoms with Crippen LogP contribution in [0.15, 0.2) is 0 Å². The number of hydrogen-bond acceptors (Lipinski definition) is 4. The third-order valence-electron chi connectivity index (χ3n) is 4.21. The lowest BCUT2D eigenvalue weighted by atomic mass is 10.0. The minimum atomic E-state index is -0.329. The van der Waals surface area contributed by atoms with Gasteiger partial charge in [0.15, 0.2) is 5.79 Å². The van der Waals surface area contributed by atoms with Gasteiger partial charge in [-0.3, -0.25) is 9.69 Å². The molecule has 1 unspecified atom stereocenters. The predicted molar refractivity (Wildman–Crippen MR) is 61.5 cm³/mol. The largest absolute Gasteiger partial charge is 0.347 e. The van der Waals surface area contributed by atoms with Crippen molar-refractivity contribution >= 4 is 5.91 Å². The van der Waals surface area contributed by atoms with E-state index in [-0.39, 0.29) is 17.7 Å². The van der Waals surface area contributed by atoms with Crippen molar-refractivity contribution < 1.29 is 14.3 Å². The maximum atomic E-state index is 11.9. The molecule has 96 valence electrons. The maximum absolute atomic E-state index is 11.9. The smallest absolute Gasteiger partial charge is 0.239 e. The Kier molecular flexibility index (Phi) is 2.84. The van der Waals surface area contributed by atoms with E-state index in [4.69, 9.17) is 9.47 Å². The third-order valence-corrected chi connectivity index (χ3v) is 4.21. The highest BCUT2D eigenvalue weighted by atomic mass is 16.7. The maximum Gasteiger partial charge on any atom is 0.239 e. The second-order valence-corrected chi connectivity index (χ2v) is 5.21. The van der Waals surface area contributed by atoms with Crippen LogP contribution in [0, 0.1) is 0 Å². The fraction of sp³-hybridized carbons (Fsp3) is 0.917. The lowest BCUT2D eigenvalue weighted by Gasteiger charge is -2.39. The van der Waals surface area contributed by atoms with Gasteiger partial charge in [0.05, 0.1) is 19.3 Å².